The molecule has 0 saturated heterocycles. The first kappa shape index (κ1) is 16.2. The monoisotopic (exact) mass is 337 g/mol. The van der Waals surface area contributed by atoms with Crippen LogP contribution in [-0.4, -0.2) is 27.4 Å². The average Bonchev–Trinajstić information content (AvgIpc) is 2.91. The largest absolute Gasteiger partial charge is 0.433 e. The van der Waals surface area contributed by atoms with Gasteiger partial charge in [-0.15, -0.1) is 10.2 Å². The van der Waals surface area contributed by atoms with Crippen molar-refractivity contribution in [3.05, 3.63) is 35.9 Å². The number of amides is 2. The van der Waals surface area contributed by atoms with Crippen LogP contribution in [0.15, 0.2) is 24.3 Å². The number of anilines is 1. The molecule has 3 rings (SSSR count). The standard InChI is InChI=1S/C15H17F2N5O2/c1-9-20-21-13-11(6-4-8-22(9)13)19-15(23)18-10-5-2-3-7-12(10)24-14(16)17/h2-3,5,7,11,14H,4,6,8H2,1H3,(H2,18,19,23)/t11-/m1/s1. The van der Waals surface area contributed by atoms with Crippen LogP contribution < -0.4 is 15.4 Å². The highest BCUT2D eigenvalue weighted by Crippen LogP contribution is 2.27. The summed E-state index contributed by atoms with van der Waals surface area (Å²) >= 11 is 0. The molecular weight excluding hydrogens is 320 g/mol. The zero-order valence-corrected chi connectivity index (χ0v) is 13.0. The third-order valence-electron chi connectivity index (χ3n) is 3.81. The van der Waals surface area contributed by atoms with Crippen LogP contribution >= 0.6 is 0 Å². The number of aromatic nitrogens is 3. The van der Waals surface area contributed by atoms with Gasteiger partial charge < -0.3 is 19.9 Å². The molecule has 1 aliphatic heterocycles. The molecule has 0 spiro atoms. The van der Waals surface area contributed by atoms with Crippen molar-refractivity contribution >= 4 is 11.7 Å². The van der Waals surface area contributed by atoms with Crippen molar-refractivity contribution in [2.75, 3.05) is 5.32 Å². The number of carbonyl (C=O) groups is 1. The van der Waals surface area contributed by atoms with Crippen LogP contribution in [0.5, 0.6) is 5.75 Å². The molecule has 0 unspecified atom stereocenters. The first-order valence-corrected chi connectivity index (χ1v) is 7.55. The van der Waals surface area contributed by atoms with Gasteiger partial charge in [-0.2, -0.15) is 8.78 Å². The van der Waals surface area contributed by atoms with Gasteiger partial charge in [-0.05, 0) is 31.9 Å². The molecule has 1 aromatic heterocycles. The van der Waals surface area contributed by atoms with Gasteiger partial charge >= 0.3 is 12.6 Å². The zero-order valence-electron chi connectivity index (χ0n) is 13.0. The molecule has 0 fully saturated rings. The fourth-order valence-corrected chi connectivity index (χ4v) is 2.74. The minimum Gasteiger partial charge on any atom is -0.433 e. The van der Waals surface area contributed by atoms with Crippen LogP contribution in [0, 0.1) is 6.92 Å². The summed E-state index contributed by atoms with van der Waals surface area (Å²) in [4.78, 5) is 12.2. The number of nitrogens with zero attached hydrogens (tertiary/aromatic N) is 3. The number of carbonyl (C=O) groups excluding carboxylic acids is 1. The molecule has 0 saturated carbocycles. The van der Waals surface area contributed by atoms with E-state index < -0.39 is 12.6 Å². The summed E-state index contributed by atoms with van der Waals surface area (Å²) in [6, 6.07) is 5.23. The van der Waals surface area contributed by atoms with E-state index in [2.05, 4.69) is 25.6 Å². The number of alkyl halides is 2. The summed E-state index contributed by atoms with van der Waals surface area (Å²) in [5, 5.41) is 13.5. The van der Waals surface area contributed by atoms with Gasteiger partial charge in [-0.3, -0.25) is 0 Å². The summed E-state index contributed by atoms with van der Waals surface area (Å²) in [6.45, 7) is -0.286. The molecule has 0 bridgehead atoms. The van der Waals surface area contributed by atoms with E-state index in [4.69, 9.17) is 0 Å². The van der Waals surface area contributed by atoms with Crippen LogP contribution in [-0.2, 0) is 6.54 Å². The number of halogens is 2. The number of hydrogen-bond donors (Lipinski definition) is 2. The minimum absolute atomic E-state index is 0.0923. The minimum atomic E-state index is -2.96. The predicted octanol–water partition coefficient (Wildman–Crippen LogP) is 2.84. The lowest BCUT2D eigenvalue weighted by Crippen LogP contribution is -2.36. The van der Waals surface area contributed by atoms with Gasteiger partial charge in [0.15, 0.2) is 5.82 Å². The highest BCUT2D eigenvalue weighted by molar-refractivity contribution is 5.91. The second kappa shape index (κ2) is 6.81. The zero-order chi connectivity index (χ0) is 17.1. The van der Waals surface area contributed by atoms with Crippen molar-refractivity contribution in [2.24, 2.45) is 0 Å². The smallest absolute Gasteiger partial charge is 0.387 e. The Morgan fingerprint density at radius 2 is 2.17 bits per heavy atom. The lowest BCUT2D eigenvalue weighted by molar-refractivity contribution is -0.0493. The lowest BCUT2D eigenvalue weighted by Gasteiger charge is -2.24. The van der Waals surface area contributed by atoms with Crippen LogP contribution in [0.3, 0.4) is 0 Å². The molecule has 1 aliphatic rings. The molecular formula is C15H17F2N5O2. The molecule has 2 heterocycles. The molecule has 2 N–H and O–H groups in total. The molecule has 128 valence electrons. The molecule has 2 amide bonds. The second-order valence-corrected chi connectivity index (χ2v) is 5.42. The van der Waals surface area contributed by atoms with Crippen LogP contribution in [0.25, 0.3) is 0 Å². The number of ether oxygens (including phenoxy) is 1. The van der Waals surface area contributed by atoms with Gasteiger partial charge in [-0.25, -0.2) is 4.79 Å². The number of urea groups is 1. The maximum Gasteiger partial charge on any atom is 0.387 e. The van der Waals surface area contributed by atoms with E-state index in [9.17, 15) is 13.6 Å². The SMILES string of the molecule is Cc1nnc2n1CCC[C@H]2NC(=O)Nc1ccccc1OC(F)F. The van der Waals surface area contributed by atoms with Gasteiger partial charge in [0.1, 0.15) is 11.6 Å². The van der Waals surface area contributed by atoms with Crippen molar-refractivity contribution < 1.29 is 18.3 Å². The van der Waals surface area contributed by atoms with Crippen LogP contribution in [0.2, 0.25) is 0 Å². The number of aryl methyl sites for hydroxylation is 1. The van der Waals surface area contributed by atoms with Crippen LogP contribution in [0.4, 0.5) is 19.3 Å². The van der Waals surface area contributed by atoms with Crippen LogP contribution in [0.1, 0.15) is 30.5 Å². The summed E-state index contributed by atoms with van der Waals surface area (Å²) in [6.07, 6.45) is 1.63. The summed E-state index contributed by atoms with van der Waals surface area (Å²) in [5.74, 6) is 1.41. The molecule has 0 aliphatic carbocycles. The average molecular weight is 337 g/mol. The molecule has 24 heavy (non-hydrogen) atoms. The molecule has 1 aromatic carbocycles. The highest BCUT2D eigenvalue weighted by atomic mass is 19.3. The Balaban J connectivity index is 1.69. The van der Waals surface area contributed by atoms with Crippen molar-refractivity contribution in [3.8, 4) is 5.75 Å². The number of para-hydroxylation sites is 2. The third-order valence-corrected chi connectivity index (χ3v) is 3.81. The maximum atomic E-state index is 12.4. The molecule has 7 nitrogen and oxygen atoms in total. The van der Waals surface area contributed by atoms with Crippen molar-refractivity contribution in [1.29, 1.82) is 0 Å². The number of nitrogens with one attached hydrogen (secondary N) is 2. The maximum absolute atomic E-state index is 12.4. The first-order valence-electron chi connectivity index (χ1n) is 7.55. The van der Waals surface area contributed by atoms with E-state index in [-0.39, 0.29) is 17.5 Å². The third kappa shape index (κ3) is 3.44. The Kier molecular flexibility index (Phi) is 4.59. The van der Waals surface area contributed by atoms with E-state index in [1.54, 1.807) is 12.1 Å². The fraction of sp³-hybridized carbons (Fsp3) is 0.400. The predicted molar refractivity (Wildman–Crippen MR) is 82.0 cm³/mol. The Bertz CT molecular complexity index is 734. The van der Waals surface area contributed by atoms with Gasteiger partial charge in [-0.1, -0.05) is 12.1 Å². The molecule has 1 atom stereocenters. The van der Waals surface area contributed by atoms with Crippen molar-refractivity contribution in [1.82, 2.24) is 20.1 Å². The molecule has 2 aromatic rings. The normalized spacial score (nSPS) is 16.6. The van der Waals surface area contributed by atoms with Gasteiger partial charge in [0.25, 0.3) is 0 Å². The van der Waals surface area contributed by atoms with E-state index in [1.165, 1.54) is 12.1 Å². The number of rotatable bonds is 4. The lowest BCUT2D eigenvalue weighted by atomic mass is 10.1. The Hall–Kier alpha value is -2.71. The quantitative estimate of drug-likeness (QED) is 0.899. The summed E-state index contributed by atoms with van der Waals surface area (Å²) < 4.78 is 31.2. The number of benzene rings is 1. The number of fused-ring (bicyclic) bond motifs is 1. The Morgan fingerprint density at radius 3 is 2.96 bits per heavy atom. The van der Waals surface area contributed by atoms with Gasteiger partial charge in [0, 0.05) is 6.54 Å². The molecule has 0 radical (unpaired) electrons. The first-order chi connectivity index (χ1) is 11.5. The van der Waals surface area contributed by atoms with Crippen molar-refractivity contribution in [3.63, 3.8) is 0 Å². The number of hydrogen-bond acceptors (Lipinski definition) is 4. The second-order valence-electron chi connectivity index (χ2n) is 5.42. The van der Waals surface area contributed by atoms with Gasteiger partial charge in [0.05, 0.1) is 11.7 Å². The molecule has 9 heteroatoms. The topological polar surface area (TPSA) is 81.1 Å². The summed E-state index contributed by atoms with van der Waals surface area (Å²) in [7, 11) is 0. The highest BCUT2D eigenvalue weighted by Gasteiger charge is 2.25. The van der Waals surface area contributed by atoms with E-state index in [0.29, 0.717) is 5.82 Å². The fourth-order valence-electron chi connectivity index (χ4n) is 2.74. The Labute approximate surface area is 137 Å². The summed E-state index contributed by atoms with van der Waals surface area (Å²) in [5.41, 5.74) is 0.170. The van der Waals surface area contributed by atoms with E-state index in [1.807, 2.05) is 11.5 Å². The Morgan fingerprint density at radius 1 is 1.38 bits per heavy atom. The van der Waals surface area contributed by atoms with Crippen molar-refractivity contribution in [2.45, 2.75) is 39.0 Å². The van der Waals surface area contributed by atoms with E-state index in [0.717, 1.165) is 25.2 Å². The van der Waals surface area contributed by atoms with E-state index >= 15 is 0 Å². The van der Waals surface area contributed by atoms with Gasteiger partial charge in [0.2, 0.25) is 0 Å².